The van der Waals surface area contributed by atoms with E-state index in [4.69, 9.17) is 5.41 Å². The van der Waals surface area contributed by atoms with Gasteiger partial charge in [-0.2, -0.15) is 0 Å². The van der Waals surface area contributed by atoms with Gasteiger partial charge in [0.25, 0.3) is 11.8 Å². The Labute approximate surface area is 159 Å². The largest absolute Gasteiger partial charge is 0.391 e. The second kappa shape index (κ2) is 7.89. The summed E-state index contributed by atoms with van der Waals surface area (Å²) in [6.07, 6.45) is 5.07. The quantitative estimate of drug-likeness (QED) is 0.306. The first-order valence-electron chi connectivity index (χ1n) is 8.63. The molecule has 1 aromatic heterocycles. The van der Waals surface area contributed by atoms with Crippen molar-refractivity contribution >= 4 is 29.7 Å². The molecule has 0 saturated heterocycles. The summed E-state index contributed by atoms with van der Waals surface area (Å²) in [5, 5.41) is 20.6. The summed E-state index contributed by atoms with van der Waals surface area (Å²) < 4.78 is 29.4. The minimum atomic E-state index is -3.17. The number of hydrogen-bond donors (Lipinski definition) is 3. The number of alkyl halides is 2. The van der Waals surface area contributed by atoms with E-state index in [2.05, 4.69) is 15.3 Å². The summed E-state index contributed by atoms with van der Waals surface area (Å²) in [4.78, 5) is 22.6. The van der Waals surface area contributed by atoms with E-state index in [0.717, 1.165) is 11.1 Å². The molecule has 2 atom stereocenters. The standard InChI is InChI=1S/C17H21F2N5O2S/c1-27-16-22-10-9-24(13-11(25)5-2-3-6-17(13,18)19)15(26)12(10)14(23-16)21-8-4-7-20/h4,7-8,11,13,20,25H,2-3,5-6,9H2,1H3,(H,21,22,23)/b8-4-,20-7?. The molecule has 1 aliphatic carbocycles. The molecule has 1 aliphatic heterocycles. The number of nitrogens with one attached hydrogen (secondary N) is 2. The number of thioether (sulfide) groups is 1. The minimum absolute atomic E-state index is 0.0927. The lowest BCUT2D eigenvalue weighted by Crippen LogP contribution is -2.53. The van der Waals surface area contributed by atoms with Crippen molar-refractivity contribution in [2.75, 3.05) is 11.6 Å². The van der Waals surface area contributed by atoms with Gasteiger partial charge in [0.05, 0.1) is 18.3 Å². The van der Waals surface area contributed by atoms with Crippen LogP contribution in [0.25, 0.3) is 0 Å². The average molecular weight is 397 g/mol. The number of carbonyl (C=O) groups is 1. The predicted octanol–water partition coefficient (Wildman–Crippen LogP) is 2.67. The van der Waals surface area contributed by atoms with E-state index in [9.17, 15) is 18.7 Å². The summed E-state index contributed by atoms with van der Waals surface area (Å²) in [6.45, 7) is -0.0927. The molecule has 0 bridgehead atoms. The van der Waals surface area contributed by atoms with E-state index in [0.29, 0.717) is 23.7 Å². The fourth-order valence-electron chi connectivity index (χ4n) is 3.53. The molecule has 0 radical (unpaired) electrons. The van der Waals surface area contributed by atoms with Crippen LogP contribution in [0.1, 0.15) is 41.7 Å². The van der Waals surface area contributed by atoms with Crippen LogP contribution in [0.4, 0.5) is 14.6 Å². The molecular formula is C17H21F2N5O2S. The maximum absolute atomic E-state index is 14.7. The summed E-state index contributed by atoms with van der Waals surface area (Å²) in [6, 6.07) is -1.58. The molecule has 1 amide bonds. The van der Waals surface area contributed by atoms with Crippen LogP contribution in [-0.4, -0.2) is 56.4 Å². The molecular weight excluding hydrogens is 376 g/mol. The van der Waals surface area contributed by atoms with Crippen molar-refractivity contribution in [2.45, 2.75) is 55.5 Å². The molecule has 1 saturated carbocycles. The van der Waals surface area contributed by atoms with Gasteiger partial charge < -0.3 is 20.7 Å². The Bertz CT molecular complexity index is 774. The van der Waals surface area contributed by atoms with Crippen LogP contribution < -0.4 is 5.32 Å². The highest BCUT2D eigenvalue weighted by Crippen LogP contribution is 2.40. The van der Waals surface area contributed by atoms with E-state index >= 15 is 0 Å². The average Bonchev–Trinajstić information content (AvgIpc) is 2.87. The first kappa shape index (κ1) is 19.7. The van der Waals surface area contributed by atoms with Crippen molar-refractivity contribution in [3.63, 3.8) is 0 Å². The summed E-state index contributed by atoms with van der Waals surface area (Å²) in [7, 11) is 0. The lowest BCUT2D eigenvalue weighted by Gasteiger charge is -2.35. The van der Waals surface area contributed by atoms with E-state index in [-0.39, 0.29) is 30.8 Å². The Morgan fingerprint density at radius 2 is 2.19 bits per heavy atom. The molecule has 2 heterocycles. The van der Waals surface area contributed by atoms with Gasteiger partial charge in [-0.05, 0) is 25.2 Å². The van der Waals surface area contributed by atoms with Crippen LogP contribution in [0.3, 0.4) is 0 Å². The number of aliphatic hydroxyl groups excluding tert-OH is 1. The zero-order valence-corrected chi connectivity index (χ0v) is 15.6. The number of amides is 1. The highest BCUT2D eigenvalue weighted by molar-refractivity contribution is 7.98. The molecule has 146 valence electrons. The molecule has 2 unspecified atom stereocenters. The number of anilines is 1. The Hall–Kier alpha value is -2.07. The normalized spacial score (nSPS) is 24.7. The molecule has 0 spiro atoms. The Kier molecular flexibility index (Phi) is 5.75. The number of fused-ring (bicyclic) bond motifs is 1. The first-order chi connectivity index (χ1) is 12.9. The fraction of sp³-hybridized carbons (Fsp3) is 0.529. The summed E-state index contributed by atoms with van der Waals surface area (Å²) in [5.74, 6) is -3.58. The number of carbonyl (C=O) groups excluding carboxylic acids is 1. The van der Waals surface area contributed by atoms with Crippen molar-refractivity contribution in [1.82, 2.24) is 14.9 Å². The van der Waals surface area contributed by atoms with Crippen LogP contribution in [0.15, 0.2) is 17.4 Å². The van der Waals surface area contributed by atoms with Gasteiger partial charge in [0.2, 0.25) is 0 Å². The van der Waals surface area contributed by atoms with Gasteiger partial charge >= 0.3 is 0 Å². The third-order valence-electron chi connectivity index (χ3n) is 4.75. The lowest BCUT2D eigenvalue weighted by atomic mass is 10.0. The van der Waals surface area contributed by atoms with Gasteiger partial charge in [-0.1, -0.05) is 18.2 Å². The maximum atomic E-state index is 14.7. The van der Waals surface area contributed by atoms with Crippen molar-refractivity contribution < 1.29 is 18.7 Å². The summed E-state index contributed by atoms with van der Waals surface area (Å²) in [5.41, 5.74) is 0.493. The van der Waals surface area contributed by atoms with Gasteiger partial charge in [-0.25, -0.2) is 18.7 Å². The third kappa shape index (κ3) is 3.81. The lowest BCUT2D eigenvalue weighted by molar-refractivity contribution is -0.112. The number of aliphatic hydroxyl groups is 1. The van der Waals surface area contributed by atoms with Gasteiger partial charge in [-0.3, -0.25) is 4.79 Å². The zero-order chi connectivity index (χ0) is 19.6. The molecule has 3 rings (SSSR count). The fourth-order valence-corrected chi connectivity index (χ4v) is 3.92. The van der Waals surface area contributed by atoms with E-state index in [1.54, 1.807) is 6.26 Å². The number of nitrogens with zero attached hydrogens (tertiary/aromatic N) is 3. The molecule has 0 aromatic carbocycles. The van der Waals surface area contributed by atoms with Gasteiger partial charge in [0.15, 0.2) is 5.16 Å². The number of rotatable bonds is 5. The number of aromatic nitrogens is 2. The maximum Gasteiger partial charge on any atom is 0.270 e. The molecule has 2 aliphatic rings. The molecule has 27 heavy (non-hydrogen) atoms. The topological polar surface area (TPSA) is 102 Å². The second-order valence-corrected chi connectivity index (χ2v) is 7.28. The van der Waals surface area contributed by atoms with Crippen LogP contribution >= 0.6 is 11.8 Å². The highest BCUT2D eigenvalue weighted by atomic mass is 32.2. The summed E-state index contributed by atoms with van der Waals surface area (Å²) >= 11 is 1.27. The van der Waals surface area contributed by atoms with Crippen molar-refractivity contribution in [3.05, 3.63) is 23.5 Å². The SMILES string of the molecule is CSc1nc2c(c(N/C=C\C=N)n1)C(=O)N(C1C(O)CCCCC1(F)F)C2. The first-order valence-corrected chi connectivity index (χ1v) is 9.85. The molecule has 1 aromatic rings. The smallest absolute Gasteiger partial charge is 0.270 e. The monoisotopic (exact) mass is 397 g/mol. The van der Waals surface area contributed by atoms with Crippen molar-refractivity contribution in [3.8, 4) is 0 Å². The highest BCUT2D eigenvalue weighted by Gasteiger charge is 2.52. The number of halogens is 2. The predicted molar refractivity (Wildman–Crippen MR) is 98.4 cm³/mol. The number of allylic oxidation sites excluding steroid dienone is 1. The Morgan fingerprint density at radius 1 is 1.41 bits per heavy atom. The Balaban J connectivity index is 1.99. The molecule has 3 N–H and O–H groups in total. The van der Waals surface area contributed by atoms with E-state index < -0.39 is 24.0 Å². The molecule has 7 nitrogen and oxygen atoms in total. The van der Waals surface area contributed by atoms with Crippen LogP contribution in [-0.2, 0) is 6.54 Å². The van der Waals surface area contributed by atoms with E-state index in [1.165, 1.54) is 24.0 Å². The molecule has 10 heteroatoms. The zero-order valence-electron chi connectivity index (χ0n) is 14.8. The Morgan fingerprint density at radius 3 is 2.89 bits per heavy atom. The van der Waals surface area contributed by atoms with E-state index in [1.807, 2.05) is 0 Å². The van der Waals surface area contributed by atoms with Gasteiger partial charge in [0.1, 0.15) is 17.4 Å². The van der Waals surface area contributed by atoms with Crippen LogP contribution in [0.2, 0.25) is 0 Å². The van der Waals surface area contributed by atoms with Crippen LogP contribution in [0.5, 0.6) is 0 Å². The van der Waals surface area contributed by atoms with Crippen LogP contribution in [0, 0.1) is 5.41 Å². The third-order valence-corrected chi connectivity index (χ3v) is 5.29. The van der Waals surface area contributed by atoms with Crippen molar-refractivity contribution in [2.24, 2.45) is 0 Å². The number of hydrogen-bond acceptors (Lipinski definition) is 7. The van der Waals surface area contributed by atoms with Gasteiger partial charge in [0, 0.05) is 18.8 Å². The second-order valence-electron chi connectivity index (χ2n) is 6.50. The van der Waals surface area contributed by atoms with Gasteiger partial charge in [-0.15, -0.1) is 0 Å². The minimum Gasteiger partial charge on any atom is -0.391 e. The molecule has 1 fully saturated rings. The van der Waals surface area contributed by atoms with Crippen molar-refractivity contribution in [1.29, 1.82) is 5.41 Å².